The first-order valence-electron chi connectivity index (χ1n) is 2.33. The molecule has 0 saturated heterocycles. The van der Waals surface area contributed by atoms with E-state index in [2.05, 4.69) is 12.2 Å². The number of hydrogen-bond acceptors (Lipinski definition) is 2. The highest BCUT2D eigenvalue weighted by molar-refractivity contribution is 7.80. The fourth-order valence-electron chi connectivity index (χ4n) is 0.375. The summed E-state index contributed by atoms with van der Waals surface area (Å²) in [6, 6.07) is 0. The largest absolute Gasteiger partial charge is 0.374 e. The molecule has 4 heteroatoms. The average Bonchev–Trinajstić information content (AvgIpc) is 1.69. The van der Waals surface area contributed by atoms with Crippen LogP contribution in [0.1, 0.15) is 6.92 Å². The third kappa shape index (κ3) is 2.09. The lowest BCUT2D eigenvalue weighted by Crippen LogP contribution is -2.34. The summed E-state index contributed by atoms with van der Waals surface area (Å²) >= 11 is 4.59. The molecule has 0 spiro atoms. The van der Waals surface area contributed by atoms with Crippen molar-refractivity contribution in [1.82, 2.24) is 5.06 Å². The summed E-state index contributed by atoms with van der Waals surface area (Å²) < 4.78 is 0. The number of hydroxylamine groups is 2. The highest BCUT2D eigenvalue weighted by Gasteiger charge is 1.97. The molecule has 8 heavy (non-hydrogen) atoms. The maximum absolute atomic E-state index is 5.19. The molecule has 0 aromatic heterocycles. The highest BCUT2D eigenvalue weighted by atomic mass is 32.1. The minimum atomic E-state index is 0.273. The topological polar surface area (TPSA) is 38.5 Å². The predicted molar refractivity (Wildman–Crippen MR) is 36.2 cm³/mol. The van der Waals surface area contributed by atoms with E-state index in [1.54, 1.807) is 0 Å². The van der Waals surface area contributed by atoms with E-state index in [0.717, 1.165) is 0 Å². The van der Waals surface area contributed by atoms with Gasteiger partial charge in [0.05, 0.1) is 7.11 Å². The molecule has 0 atom stereocenters. The molecule has 2 N–H and O–H groups in total. The summed E-state index contributed by atoms with van der Waals surface area (Å²) in [7, 11) is 1.53. The Morgan fingerprint density at radius 2 is 2.38 bits per heavy atom. The Hall–Kier alpha value is -0.350. The first-order valence-corrected chi connectivity index (χ1v) is 2.74. The fourth-order valence-corrected chi connectivity index (χ4v) is 0.579. The minimum Gasteiger partial charge on any atom is -0.374 e. The van der Waals surface area contributed by atoms with Crippen LogP contribution >= 0.6 is 12.2 Å². The Morgan fingerprint density at radius 1 is 1.88 bits per heavy atom. The lowest BCUT2D eigenvalue weighted by atomic mass is 10.7. The molecule has 3 nitrogen and oxygen atoms in total. The van der Waals surface area contributed by atoms with Gasteiger partial charge in [-0.25, -0.2) is 5.06 Å². The molecular formula is C4H10N2OS. The SMILES string of the molecule is CCN(OC)C(N)=S. The molecule has 0 aromatic rings. The second kappa shape index (κ2) is 3.63. The monoisotopic (exact) mass is 134 g/mol. The van der Waals surface area contributed by atoms with Crippen LogP contribution in [0.15, 0.2) is 0 Å². The van der Waals surface area contributed by atoms with Gasteiger partial charge in [0, 0.05) is 6.54 Å². The summed E-state index contributed by atoms with van der Waals surface area (Å²) in [6.45, 7) is 2.59. The fraction of sp³-hybridized carbons (Fsp3) is 0.750. The standard InChI is InChI=1S/C4H10N2OS/c1-3-6(7-2)4(5)8/h3H2,1-2H3,(H2,5,8). The Labute approximate surface area is 54.4 Å². The van der Waals surface area contributed by atoms with Crippen molar-refractivity contribution in [3.05, 3.63) is 0 Å². The van der Waals surface area contributed by atoms with Gasteiger partial charge >= 0.3 is 0 Å². The van der Waals surface area contributed by atoms with Crippen molar-refractivity contribution in [2.75, 3.05) is 13.7 Å². The second-order valence-corrected chi connectivity index (χ2v) is 1.63. The van der Waals surface area contributed by atoms with Crippen molar-refractivity contribution in [1.29, 1.82) is 0 Å². The number of hydrogen-bond donors (Lipinski definition) is 1. The van der Waals surface area contributed by atoms with Crippen molar-refractivity contribution >= 4 is 17.3 Å². The van der Waals surface area contributed by atoms with Gasteiger partial charge in [-0.15, -0.1) is 0 Å². The van der Waals surface area contributed by atoms with Crippen LogP contribution in [0, 0.1) is 0 Å². The molecule has 0 amide bonds. The van der Waals surface area contributed by atoms with Crippen molar-refractivity contribution in [3.8, 4) is 0 Å². The molecule has 48 valence electrons. The van der Waals surface area contributed by atoms with E-state index < -0.39 is 0 Å². The molecule has 0 aliphatic heterocycles. The molecule has 0 saturated carbocycles. The van der Waals surface area contributed by atoms with Crippen LogP contribution in [0.25, 0.3) is 0 Å². The Morgan fingerprint density at radius 3 is 2.38 bits per heavy atom. The van der Waals surface area contributed by atoms with Crippen molar-refractivity contribution < 1.29 is 4.84 Å². The van der Waals surface area contributed by atoms with E-state index in [-0.39, 0.29) is 5.11 Å². The Bertz CT molecular complexity index is 82.1. The molecule has 0 aliphatic carbocycles. The van der Waals surface area contributed by atoms with Crippen LogP contribution in [0.5, 0.6) is 0 Å². The highest BCUT2D eigenvalue weighted by Crippen LogP contribution is 1.84. The third-order valence-corrected chi connectivity index (χ3v) is 0.957. The van der Waals surface area contributed by atoms with Gasteiger partial charge in [0.15, 0.2) is 5.11 Å². The first-order chi connectivity index (χ1) is 3.72. The Balaban J connectivity index is 3.52. The van der Waals surface area contributed by atoms with Gasteiger partial charge in [-0.05, 0) is 19.1 Å². The smallest absolute Gasteiger partial charge is 0.190 e. The Kier molecular flexibility index (Phi) is 3.47. The van der Waals surface area contributed by atoms with Crippen LogP contribution in [0.3, 0.4) is 0 Å². The summed E-state index contributed by atoms with van der Waals surface area (Å²) in [5, 5.41) is 1.70. The van der Waals surface area contributed by atoms with Crippen LogP contribution in [-0.4, -0.2) is 23.8 Å². The summed E-state index contributed by atoms with van der Waals surface area (Å²) in [5.41, 5.74) is 5.19. The van der Waals surface area contributed by atoms with Gasteiger partial charge in [-0.2, -0.15) is 0 Å². The van der Waals surface area contributed by atoms with E-state index in [1.165, 1.54) is 12.2 Å². The van der Waals surface area contributed by atoms with Gasteiger partial charge in [0.25, 0.3) is 0 Å². The number of nitrogens with zero attached hydrogens (tertiary/aromatic N) is 1. The van der Waals surface area contributed by atoms with Gasteiger partial charge in [-0.1, -0.05) is 0 Å². The molecule has 0 radical (unpaired) electrons. The molecular weight excluding hydrogens is 124 g/mol. The molecule has 0 aliphatic rings. The normalized spacial score (nSPS) is 8.75. The zero-order valence-electron chi connectivity index (χ0n) is 5.05. The van der Waals surface area contributed by atoms with E-state index in [1.807, 2.05) is 6.92 Å². The second-order valence-electron chi connectivity index (χ2n) is 1.22. The van der Waals surface area contributed by atoms with E-state index in [4.69, 9.17) is 10.6 Å². The lowest BCUT2D eigenvalue weighted by molar-refractivity contribution is -0.0590. The molecule has 0 rings (SSSR count). The molecule has 0 fully saturated rings. The number of rotatable bonds is 2. The van der Waals surface area contributed by atoms with Crippen LogP contribution in [-0.2, 0) is 4.84 Å². The summed E-state index contributed by atoms with van der Waals surface area (Å²) in [4.78, 5) is 4.73. The summed E-state index contributed by atoms with van der Waals surface area (Å²) in [6.07, 6.45) is 0. The van der Waals surface area contributed by atoms with Crippen molar-refractivity contribution in [2.24, 2.45) is 5.73 Å². The van der Waals surface area contributed by atoms with Gasteiger partial charge in [0.1, 0.15) is 0 Å². The van der Waals surface area contributed by atoms with Gasteiger partial charge < -0.3 is 5.73 Å². The lowest BCUT2D eigenvalue weighted by Gasteiger charge is -2.15. The third-order valence-electron chi connectivity index (χ3n) is 0.753. The minimum absolute atomic E-state index is 0.273. The van der Waals surface area contributed by atoms with E-state index in [0.29, 0.717) is 6.54 Å². The van der Waals surface area contributed by atoms with Gasteiger partial charge in [-0.3, -0.25) is 4.84 Å². The van der Waals surface area contributed by atoms with E-state index >= 15 is 0 Å². The maximum Gasteiger partial charge on any atom is 0.190 e. The van der Waals surface area contributed by atoms with E-state index in [9.17, 15) is 0 Å². The molecule has 0 bridgehead atoms. The van der Waals surface area contributed by atoms with Crippen LogP contribution in [0.2, 0.25) is 0 Å². The number of thiocarbonyl (C=S) groups is 1. The zero-order chi connectivity index (χ0) is 6.57. The molecule has 0 aromatic carbocycles. The van der Waals surface area contributed by atoms with Crippen LogP contribution in [0.4, 0.5) is 0 Å². The van der Waals surface area contributed by atoms with Crippen molar-refractivity contribution in [2.45, 2.75) is 6.92 Å². The quantitative estimate of drug-likeness (QED) is 0.430. The number of nitrogens with two attached hydrogens (primary N) is 1. The zero-order valence-corrected chi connectivity index (χ0v) is 5.86. The molecule has 0 unspecified atom stereocenters. The maximum atomic E-state index is 5.19. The summed E-state index contributed by atoms with van der Waals surface area (Å²) in [5.74, 6) is 0. The first kappa shape index (κ1) is 7.65. The van der Waals surface area contributed by atoms with Crippen LogP contribution < -0.4 is 5.73 Å². The average molecular weight is 134 g/mol. The molecule has 0 heterocycles. The van der Waals surface area contributed by atoms with Crippen molar-refractivity contribution in [3.63, 3.8) is 0 Å². The van der Waals surface area contributed by atoms with Gasteiger partial charge in [0.2, 0.25) is 0 Å². The predicted octanol–water partition coefficient (Wildman–Crippen LogP) is 0.113.